The van der Waals surface area contributed by atoms with E-state index in [1.165, 1.54) is 0 Å². The lowest BCUT2D eigenvalue weighted by Gasteiger charge is -2.40. The van der Waals surface area contributed by atoms with Gasteiger partial charge in [0.05, 0.1) is 10.8 Å². The van der Waals surface area contributed by atoms with Crippen molar-refractivity contribution in [2.45, 2.75) is 91.3 Å². The number of hydrogen-bond acceptors (Lipinski definition) is 6. The second-order valence-electron chi connectivity index (χ2n) is 14.7. The molecule has 2 saturated heterocycles. The molecule has 47 heavy (non-hydrogen) atoms. The molecule has 2 aromatic carbocycles. The molecule has 0 aliphatic carbocycles. The Kier molecular flexibility index (Phi) is 12.5. The van der Waals surface area contributed by atoms with Crippen molar-refractivity contribution in [1.82, 2.24) is 15.1 Å². The Hall–Kier alpha value is -4.08. The monoisotopic (exact) mass is 651 g/mol. The largest absolute Gasteiger partial charge is 0.481 e. The minimum atomic E-state index is -0.806. The number of hydrogen-bond donors (Lipinski definition) is 2. The lowest BCUT2D eigenvalue weighted by atomic mass is 9.73. The van der Waals surface area contributed by atoms with Crippen LogP contribution in [-0.4, -0.2) is 83.4 Å². The molecule has 10 heteroatoms. The third-order valence-electron chi connectivity index (χ3n) is 8.68. The fraction of sp³-hybridized carbons (Fsp3) is 0.568. The third kappa shape index (κ3) is 11.0. The molecule has 2 aliphatic rings. The lowest BCUT2D eigenvalue weighted by molar-refractivity contribution is -0.152. The molecule has 0 spiro atoms. The van der Waals surface area contributed by atoms with Gasteiger partial charge in [0.15, 0.2) is 0 Å². The molecular formula is C37H53N3O7. The number of carboxylic acid groups (broad SMARTS) is 1. The number of aliphatic carboxylic acids is 1. The highest BCUT2D eigenvalue weighted by Crippen LogP contribution is 2.37. The summed E-state index contributed by atoms with van der Waals surface area (Å²) >= 11 is 0. The first kappa shape index (κ1) is 37.4. The number of carbonyl (C=O) groups is 4. The zero-order chi connectivity index (χ0) is 34.9. The summed E-state index contributed by atoms with van der Waals surface area (Å²) in [4.78, 5) is 52.1. The highest BCUT2D eigenvalue weighted by atomic mass is 16.6. The van der Waals surface area contributed by atoms with Gasteiger partial charge in [-0.05, 0) is 91.2 Å². The van der Waals surface area contributed by atoms with Crippen molar-refractivity contribution in [3.05, 3.63) is 71.8 Å². The van der Waals surface area contributed by atoms with E-state index in [2.05, 4.69) is 5.32 Å². The Labute approximate surface area is 279 Å². The van der Waals surface area contributed by atoms with E-state index in [-0.39, 0.29) is 18.1 Å². The van der Waals surface area contributed by atoms with Crippen molar-refractivity contribution in [1.29, 1.82) is 0 Å². The van der Waals surface area contributed by atoms with Crippen LogP contribution in [0.4, 0.5) is 9.59 Å². The van der Waals surface area contributed by atoms with E-state index in [1.54, 1.807) is 16.8 Å². The molecule has 0 saturated carbocycles. The first-order valence-electron chi connectivity index (χ1n) is 16.5. The summed E-state index contributed by atoms with van der Waals surface area (Å²) in [5.41, 5.74) is -0.152. The molecular weight excluding hydrogens is 598 g/mol. The molecule has 0 bridgehead atoms. The van der Waals surface area contributed by atoms with Crippen LogP contribution in [0, 0.1) is 10.8 Å². The molecule has 0 radical (unpaired) electrons. The Bertz CT molecular complexity index is 1330. The maximum Gasteiger partial charge on any atom is 0.410 e. The first-order chi connectivity index (χ1) is 22.0. The molecule has 2 N–H and O–H groups in total. The molecule has 0 aromatic heterocycles. The highest BCUT2D eigenvalue weighted by Gasteiger charge is 2.44. The summed E-state index contributed by atoms with van der Waals surface area (Å²) in [6.45, 7) is 13.0. The summed E-state index contributed by atoms with van der Waals surface area (Å²) in [5, 5.41) is 12.5. The molecule has 2 aliphatic heterocycles. The molecule has 4 rings (SSSR count). The summed E-state index contributed by atoms with van der Waals surface area (Å²) in [6.07, 6.45) is 2.68. The highest BCUT2D eigenvalue weighted by molar-refractivity contribution is 5.83. The number of likely N-dealkylation sites (tertiary alicyclic amines) is 2. The van der Waals surface area contributed by atoms with Gasteiger partial charge in [0.2, 0.25) is 5.91 Å². The summed E-state index contributed by atoms with van der Waals surface area (Å²) < 4.78 is 10.8. The zero-order valence-electron chi connectivity index (χ0n) is 29.1. The molecule has 10 nitrogen and oxygen atoms in total. The number of piperidine rings is 2. The van der Waals surface area contributed by atoms with Crippen LogP contribution in [0.2, 0.25) is 0 Å². The van der Waals surface area contributed by atoms with Crippen LogP contribution in [0.5, 0.6) is 0 Å². The Morgan fingerprint density at radius 1 is 0.660 bits per heavy atom. The number of carbonyl (C=O) groups excluding carboxylic acids is 3. The number of nitrogens with zero attached hydrogens (tertiary/aromatic N) is 2. The Morgan fingerprint density at radius 3 is 1.32 bits per heavy atom. The maximum atomic E-state index is 12.6. The van der Waals surface area contributed by atoms with Gasteiger partial charge in [-0.15, -0.1) is 0 Å². The number of rotatable bonds is 6. The zero-order valence-corrected chi connectivity index (χ0v) is 29.1. The molecule has 0 unspecified atom stereocenters. The Balaban J connectivity index is 0.000000256. The van der Waals surface area contributed by atoms with Crippen LogP contribution in [-0.2, 0) is 31.9 Å². The molecule has 3 amide bonds. The van der Waals surface area contributed by atoms with Gasteiger partial charge >= 0.3 is 18.2 Å². The van der Waals surface area contributed by atoms with Gasteiger partial charge in [-0.2, -0.15) is 0 Å². The quantitative estimate of drug-likeness (QED) is 0.374. The van der Waals surface area contributed by atoms with Gasteiger partial charge in [-0.25, -0.2) is 9.59 Å². The predicted octanol–water partition coefficient (Wildman–Crippen LogP) is 6.32. The minimum absolute atomic E-state index is 0.0511. The topological polar surface area (TPSA) is 125 Å². The van der Waals surface area contributed by atoms with Crippen LogP contribution in [0.3, 0.4) is 0 Å². The molecule has 2 fully saturated rings. The second kappa shape index (κ2) is 15.7. The van der Waals surface area contributed by atoms with E-state index in [1.807, 2.05) is 102 Å². The fourth-order valence-electron chi connectivity index (χ4n) is 6.08. The van der Waals surface area contributed by atoms with E-state index in [0.717, 1.165) is 11.1 Å². The number of nitrogens with one attached hydrogen (secondary N) is 1. The summed E-state index contributed by atoms with van der Waals surface area (Å²) in [7, 11) is 1.68. The predicted molar refractivity (Wildman–Crippen MR) is 181 cm³/mol. The van der Waals surface area contributed by atoms with Crippen molar-refractivity contribution in [2.24, 2.45) is 10.8 Å². The van der Waals surface area contributed by atoms with E-state index >= 15 is 0 Å². The van der Waals surface area contributed by atoms with Gasteiger partial charge in [0, 0.05) is 33.2 Å². The summed E-state index contributed by atoms with van der Waals surface area (Å²) in [5.74, 6) is -0.736. The lowest BCUT2D eigenvalue weighted by Crippen LogP contribution is -2.51. The van der Waals surface area contributed by atoms with Crippen LogP contribution in [0.1, 0.15) is 78.4 Å². The molecule has 2 heterocycles. The van der Waals surface area contributed by atoms with Crippen molar-refractivity contribution >= 4 is 24.1 Å². The number of benzene rings is 2. The van der Waals surface area contributed by atoms with Crippen LogP contribution in [0.15, 0.2) is 60.7 Å². The number of carboxylic acids is 1. The molecule has 258 valence electrons. The van der Waals surface area contributed by atoms with Gasteiger partial charge in [-0.1, -0.05) is 60.7 Å². The van der Waals surface area contributed by atoms with E-state index in [4.69, 9.17) is 9.47 Å². The van der Waals surface area contributed by atoms with Crippen LogP contribution in [0.25, 0.3) is 0 Å². The van der Waals surface area contributed by atoms with E-state index in [0.29, 0.717) is 64.7 Å². The van der Waals surface area contributed by atoms with E-state index < -0.39 is 28.0 Å². The average Bonchev–Trinajstić information content (AvgIpc) is 3.01. The maximum absolute atomic E-state index is 12.6. The van der Waals surface area contributed by atoms with Crippen molar-refractivity contribution < 1.29 is 33.8 Å². The second-order valence-corrected chi connectivity index (χ2v) is 14.7. The van der Waals surface area contributed by atoms with Crippen molar-refractivity contribution in [2.75, 3.05) is 33.2 Å². The summed E-state index contributed by atoms with van der Waals surface area (Å²) in [6, 6.07) is 19.7. The average molecular weight is 652 g/mol. The van der Waals surface area contributed by atoms with Crippen LogP contribution < -0.4 is 5.32 Å². The van der Waals surface area contributed by atoms with Gasteiger partial charge < -0.3 is 29.7 Å². The molecule has 2 aromatic rings. The van der Waals surface area contributed by atoms with Gasteiger partial charge in [-0.3, -0.25) is 9.59 Å². The fourth-order valence-corrected chi connectivity index (χ4v) is 6.08. The standard InChI is InChI=1S/C19H28N2O3.C18H25NO4/c1-18(2,3)24-17(23)21-12-10-19(11-13-21,16(22)20-4)14-15-8-6-5-7-9-15;1-17(2,3)23-16(22)19-11-9-18(10-12-19,15(20)21)13-14-7-5-4-6-8-14/h5-9H,10-14H2,1-4H3,(H,20,22);4-8H,9-13H2,1-3H3,(H,20,21). The van der Waals surface area contributed by atoms with Gasteiger partial charge in [0.1, 0.15) is 11.2 Å². The number of amides is 3. The van der Waals surface area contributed by atoms with Gasteiger partial charge in [0.25, 0.3) is 0 Å². The molecule has 0 atom stereocenters. The normalized spacial score (nSPS) is 17.4. The van der Waals surface area contributed by atoms with Crippen LogP contribution >= 0.6 is 0 Å². The Morgan fingerprint density at radius 2 is 1.00 bits per heavy atom. The number of ether oxygens (including phenoxy) is 2. The SMILES string of the molecule is CC(C)(C)OC(=O)N1CCC(Cc2ccccc2)(C(=O)O)CC1.CNC(=O)C1(Cc2ccccc2)CCN(C(=O)OC(C)(C)C)CC1. The third-order valence-corrected chi connectivity index (χ3v) is 8.68. The minimum Gasteiger partial charge on any atom is -0.481 e. The first-order valence-corrected chi connectivity index (χ1v) is 16.5. The van der Waals surface area contributed by atoms with Crippen molar-refractivity contribution in [3.8, 4) is 0 Å². The smallest absolute Gasteiger partial charge is 0.410 e. The van der Waals surface area contributed by atoms with E-state index in [9.17, 15) is 24.3 Å². The van der Waals surface area contributed by atoms with Crippen molar-refractivity contribution in [3.63, 3.8) is 0 Å².